The van der Waals surface area contributed by atoms with E-state index in [2.05, 4.69) is 10.3 Å². The van der Waals surface area contributed by atoms with Crippen molar-refractivity contribution in [2.24, 2.45) is 0 Å². The summed E-state index contributed by atoms with van der Waals surface area (Å²) in [6.07, 6.45) is 6.27. The van der Waals surface area contributed by atoms with Crippen LogP contribution in [0, 0.1) is 13.8 Å². The summed E-state index contributed by atoms with van der Waals surface area (Å²) in [4.78, 5) is 17.2. The lowest BCUT2D eigenvalue weighted by atomic mass is 9.93. The highest BCUT2D eigenvalue weighted by Crippen LogP contribution is 2.22. The normalized spacial score (nSPS) is 21.5. The molecule has 0 aromatic carbocycles. The van der Waals surface area contributed by atoms with E-state index in [0.717, 1.165) is 49.3 Å². The number of carbonyl (C=O) groups excluding carboxylic acids is 1. The molecule has 0 aliphatic heterocycles. The van der Waals surface area contributed by atoms with Crippen LogP contribution < -0.4 is 5.32 Å². The van der Waals surface area contributed by atoms with Crippen LogP contribution in [0.4, 0.5) is 0 Å². The van der Waals surface area contributed by atoms with Crippen molar-refractivity contribution in [2.75, 3.05) is 6.61 Å². The van der Waals surface area contributed by atoms with E-state index in [1.54, 1.807) is 0 Å². The molecule has 5 heteroatoms. The summed E-state index contributed by atoms with van der Waals surface area (Å²) in [5, 5.41) is 3.17. The van der Waals surface area contributed by atoms with Crippen molar-refractivity contribution >= 4 is 11.6 Å². The third-order valence-electron chi connectivity index (χ3n) is 4.60. The molecule has 2 aromatic heterocycles. The summed E-state index contributed by atoms with van der Waals surface area (Å²) in [5.74, 6) is -0.0233. The molecule has 1 aliphatic carbocycles. The molecule has 2 heterocycles. The van der Waals surface area contributed by atoms with Gasteiger partial charge in [0.05, 0.1) is 11.7 Å². The zero-order valence-corrected chi connectivity index (χ0v) is 14.1. The van der Waals surface area contributed by atoms with Crippen LogP contribution in [-0.2, 0) is 4.74 Å². The molecule has 2 aromatic rings. The van der Waals surface area contributed by atoms with Crippen molar-refractivity contribution in [3.63, 3.8) is 0 Å². The van der Waals surface area contributed by atoms with Crippen LogP contribution in [0.5, 0.6) is 0 Å². The van der Waals surface area contributed by atoms with E-state index in [1.165, 1.54) is 0 Å². The number of hydrogen-bond donors (Lipinski definition) is 1. The average molecular weight is 315 g/mol. The predicted molar refractivity (Wildman–Crippen MR) is 89.8 cm³/mol. The lowest BCUT2D eigenvalue weighted by Crippen LogP contribution is -2.39. The minimum Gasteiger partial charge on any atom is -0.379 e. The number of nitrogens with zero attached hydrogens (tertiary/aromatic N) is 2. The Hall–Kier alpha value is -1.88. The molecule has 23 heavy (non-hydrogen) atoms. The Morgan fingerprint density at radius 1 is 1.35 bits per heavy atom. The molecule has 5 nitrogen and oxygen atoms in total. The van der Waals surface area contributed by atoms with Gasteiger partial charge < -0.3 is 14.5 Å². The fourth-order valence-electron chi connectivity index (χ4n) is 3.44. The number of ether oxygens (including phenoxy) is 1. The third-order valence-corrected chi connectivity index (χ3v) is 4.60. The highest BCUT2D eigenvalue weighted by atomic mass is 16.5. The van der Waals surface area contributed by atoms with Gasteiger partial charge in [0.25, 0.3) is 5.91 Å². The molecular formula is C18H25N3O2. The fourth-order valence-corrected chi connectivity index (χ4v) is 3.44. The van der Waals surface area contributed by atoms with Crippen LogP contribution in [0.2, 0.25) is 0 Å². The number of fused-ring (bicyclic) bond motifs is 1. The van der Waals surface area contributed by atoms with E-state index < -0.39 is 0 Å². The minimum atomic E-state index is -0.0233. The molecule has 124 valence electrons. The van der Waals surface area contributed by atoms with Crippen LogP contribution in [0.15, 0.2) is 18.3 Å². The molecule has 0 radical (unpaired) electrons. The molecule has 0 bridgehead atoms. The number of rotatable bonds is 4. The van der Waals surface area contributed by atoms with Crippen LogP contribution in [0.1, 0.15) is 54.4 Å². The smallest absolute Gasteiger partial charge is 0.255 e. The monoisotopic (exact) mass is 315 g/mol. The Kier molecular flexibility index (Phi) is 4.66. The molecule has 1 fully saturated rings. The molecule has 0 atom stereocenters. The highest BCUT2D eigenvalue weighted by molar-refractivity contribution is 6.00. The summed E-state index contributed by atoms with van der Waals surface area (Å²) in [6.45, 7) is 6.78. The summed E-state index contributed by atoms with van der Waals surface area (Å²) in [7, 11) is 0. The standard InChI is InChI=1S/C18H25N3O2/c1-4-23-15-7-5-14(6-8-15)20-18(22)16-9-10-21-13(3)11-12(2)19-17(16)21/h9-11,14-15H,4-8H2,1-3H3,(H,20,22). The molecule has 1 aliphatic rings. The van der Waals surface area contributed by atoms with Crippen LogP contribution in [-0.4, -0.2) is 34.0 Å². The lowest BCUT2D eigenvalue weighted by Gasteiger charge is -2.28. The molecule has 1 N–H and O–H groups in total. The van der Waals surface area contributed by atoms with E-state index in [-0.39, 0.29) is 11.9 Å². The van der Waals surface area contributed by atoms with Crippen molar-refractivity contribution in [1.82, 2.24) is 14.7 Å². The zero-order valence-electron chi connectivity index (χ0n) is 14.1. The zero-order chi connectivity index (χ0) is 16.4. The van der Waals surface area contributed by atoms with E-state index in [4.69, 9.17) is 4.74 Å². The second-order valence-corrected chi connectivity index (χ2v) is 6.36. The second kappa shape index (κ2) is 6.71. The number of hydrogen-bond acceptors (Lipinski definition) is 3. The van der Waals surface area contributed by atoms with Crippen molar-refractivity contribution in [1.29, 1.82) is 0 Å². The molecule has 1 saturated carbocycles. The molecule has 1 amide bonds. The van der Waals surface area contributed by atoms with Gasteiger partial charge in [-0.2, -0.15) is 0 Å². The van der Waals surface area contributed by atoms with Gasteiger partial charge in [0.2, 0.25) is 0 Å². The van der Waals surface area contributed by atoms with Crippen molar-refractivity contribution in [3.8, 4) is 0 Å². The Bertz CT molecular complexity index is 700. The van der Waals surface area contributed by atoms with Crippen molar-refractivity contribution < 1.29 is 9.53 Å². The molecule has 0 saturated heterocycles. The second-order valence-electron chi connectivity index (χ2n) is 6.36. The maximum atomic E-state index is 12.6. The highest BCUT2D eigenvalue weighted by Gasteiger charge is 2.24. The van der Waals surface area contributed by atoms with E-state index in [9.17, 15) is 4.79 Å². The first-order valence-electron chi connectivity index (χ1n) is 8.46. The van der Waals surface area contributed by atoms with Gasteiger partial charge in [-0.15, -0.1) is 0 Å². The van der Waals surface area contributed by atoms with Gasteiger partial charge in [0.15, 0.2) is 0 Å². The molecule has 3 rings (SSSR count). The number of aromatic nitrogens is 2. The predicted octanol–water partition coefficient (Wildman–Crippen LogP) is 3.03. The summed E-state index contributed by atoms with van der Waals surface area (Å²) in [5.41, 5.74) is 3.41. The van der Waals surface area contributed by atoms with Gasteiger partial charge in [-0.25, -0.2) is 4.98 Å². The quantitative estimate of drug-likeness (QED) is 0.943. The van der Waals surface area contributed by atoms with E-state index >= 15 is 0 Å². The SMILES string of the molecule is CCOC1CCC(NC(=O)c2ccn3c(C)cc(C)nc23)CC1. The van der Waals surface area contributed by atoms with Crippen LogP contribution >= 0.6 is 0 Å². The van der Waals surface area contributed by atoms with Crippen LogP contribution in [0.25, 0.3) is 5.65 Å². The van der Waals surface area contributed by atoms with Gasteiger partial charge in [0.1, 0.15) is 5.65 Å². The average Bonchev–Trinajstić information content (AvgIpc) is 2.93. The van der Waals surface area contributed by atoms with E-state index in [1.807, 2.05) is 43.5 Å². The third kappa shape index (κ3) is 3.39. The molecule has 0 spiro atoms. The van der Waals surface area contributed by atoms with Crippen molar-refractivity contribution in [2.45, 2.75) is 58.6 Å². The fraction of sp³-hybridized carbons (Fsp3) is 0.556. The van der Waals surface area contributed by atoms with E-state index in [0.29, 0.717) is 11.7 Å². The first-order valence-corrected chi connectivity index (χ1v) is 8.46. The minimum absolute atomic E-state index is 0.0233. The Morgan fingerprint density at radius 2 is 2.09 bits per heavy atom. The maximum Gasteiger partial charge on any atom is 0.255 e. The summed E-state index contributed by atoms with van der Waals surface area (Å²) in [6, 6.07) is 4.11. The first-order chi connectivity index (χ1) is 11.1. The first kappa shape index (κ1) is 16.0. The van der Waals surface area contributed by atoms with Gasteiger partial charge in [-0.1, -0.05) is 0 Å². The largest absolute Gasteiger partial charge is 0.379 e. The summed E-state index contributed by atoms with van der Waals surface area (Å²) >= 11 is 0. The Morgan fingerprint density at radius 3 is 2.78 bits per heavy atom. The maximum absolute atomic E-state index is 12.6. The molecular weight excluding hydrogens is 290 g/mol. The summed E-state index contributed by atoms with van der Waals surface area (Å²) < 4.78 is 7.63. The number of carbonyl (C=O) groups is 1. The number of nitrogens with one attached hydrogen (secondary N) is 1. The number of aryl methyl sites for hydroxylation is 2. The Balaban J connectivity index is 1.70. The topological polar surface area (TPSA) is 55.6 Å². The van der Waals surface area contributed by atoms with Gasteiger partial charge >= 0.3 is 0 Å². The van der Waals surface area contributed by atoms with Crippen LogP contribution in [0.3, 0.4) is 0 Å². The van der Waals surface area contributed by atoms with Crippen molar-refractivity contribution in [3.05, 3.63) is 35.3 Å². The number of amides is 1. The lowest BCUT2D eigenvalue weighted by molar-refractivity contribution is 0.0300. The van der Waals surface area contributed by atoms with Gasteiger partial charge in [-0.05, 0) is 58.6 Å². The molecule has 0 unspecified atom stereocenters. The van der Waals surface area contributed by atoms with Gasteiger partial charge in [-0.3, -0.25) is 4.79 Å². The van der Waals surface area contributed by atoms with Gasteiger partial charge in [0, 0.05) is 30.2 Å². The Labute approximate surface area is 137 Å².